The number of esters is 1. The maximum absolute atomic E-state index is 11.9. The minimum absolute atomic E-state index is 0.330. The number of aromatic nitrogens is 3. The number of rotatable bonds is 9. The van der Waals surface area contributed by atoms with Crippen molar-refractivity contribution in [2.75, 3.05) is 35.3 Å². The summed E-state index contributed by atoms with van der Waals surface area (Å²) in [5.41, 5.74) is 5.13. The molecule has 0 atom stereocenters. The van der Waals surface area contributed by atoms with E-state index in [1.165, 1.54) is 6.42 Å². The summed E-state index contributed by atoms with van der Waals surface area (Å²) in [5, 5.41) is 7.53. The van der Waals surface area contributed by atoms with E-state index >= 15 is 0 Å². The molecule has 0 bridgehead atoms. The topological polar surface area (TPSA) is 118 Å². The minimum atomic E-state index is -0.346. The summed E-state index contributed by atoms with van der Waals surface area (Å²) in [4.78, 5) is 27.7. The zero-order chi connectivity index (χ0) is 26.2. The molecule has 0 radical (unpaired) electrons. The van der Waals surface area contributed by atoms with Crippen molar-refractivity contribution in [1.29, 1.82) is 0 Å². The Morgan fingerprint density at radius 3 is 2.50 bits per heavy atom. The fourth-order valence-corrected chi connectivity index (χ4v) is 4.07. The molecule has 0 aliphatic carbocycles. The Morgan fingerprint density at radius 1 is 0.974 bits per heavy atom. The molecule has 1 fully saturated rings. The van der Waals surface area contributed by atoms with Gasteiger partial charge >= 0.3 is 5.97 Å². The van der Waals surface area contributed by atoms with Crippen LogP contribution in [0.25, 0.3) is 11.3 Å². The molecular formula is C28H29N7O3. The fraction of sp³-hybridized carbons (Fsp3) is 0.250. The molecule has 2 aromatic carbocycles. The lowest BCUT2D eigenvalue weighted by Gasteiger charge is -2.26. The number of carbonyl (C=O) groups excluding carboxylic acids is 1. The normalized spacial score (nSPS) is 13.4. The highest BCUT2D eigenvalue weighted by molar-refractivity contribution is 5.90. The van der Waals surface area contributed by atoms with Crippen molar-refractivity contribution >= 4 is 35.7 Å². The molecule has 38 heavy (non-hydrogen) atoms. The molecule has 0 unspecified atom stereocenters. The Hall–Kier alpha value is -4.73. The number of anilines is 4. The van der Waals surface area contributed by atoms with E-state index in [0.717, 1.165) is 37.2 Å². The molecule has 3 heterocycles. The molecule has 4 aromatic rings. The number of nitrogens with zero attached hydrogens (tertiary/aromatic N) is 5. The average Bonchev–Trinajstić information content (AvgIpc) is 3.43. The SMILES string of the molecule is CCOC(=O)c1ccc(-c2ccc(/C=N/Nc3nc(Nc4ccccc4)nc(N4CCCCC4)n3)o2)cc1. The highest BCUT2D eigenvalue weighted by Gasteiger charge is 2.16. The highest BCUT2D eigenvalue weighted by atomic mass is 16.5. The third-order valence-corrected chi connectivity index (χ3v) is 5.96. The molecule has 1 saturated heterocycles. The van der Waals surface area contributed by atoms with Gasteiger partial charge in [0.1, 0.15) is 11.5 Å². The number of ether oxygens (including phenoxy) is 1. The largest absolute Gasteiger partial charge is 0.462 e. The van der Waals surface area contributed by atoms with E-state index in [9.17, 15) is 4.79 Å². The average molecular weight is 512 g/mol. The van der Waals surface area contributed by atoms with E-state index in [1.807, 2.05) is 54.6 Å². The number of para-hydroxylation sites is 1. The molecule has 5 rings (SSSR count). The summed E-state index contributed by atoms with van der Waals surface area (Å²) in [6.45, 7) is 3.94. The number of hydrazone groups is 1. The molecule has 0 saturated carbocycles. The standard InChI is InChI=1S/C28H29N7O3/c1-2-37-25(36)21-13-11-20(12-14-21)24-16-15-23(38-24)19-29-34-27-31-26(30-22-9-5-3-6-10-22)32-28(33-27)35-17-7-4-8-18-35/h3,5-6,9-16,19H,2,4,7-8,17-18H2,1H3,(H2,30,31,32,33,34)/b29-19+. The fourth-order valence-electron chi connectivity index (χ4n) is 4.07. The summed E-state index contributed by atoms with van der Waals surface area (Å²) in [6.07, 6.45) is 5.00. The lowest BCUT2D eigenvalue weighted by atomic mass is 10.1. The third-order valence-electron chi connectivity index (χ3n) is 5.96. The van der Waals surface area contributed by atoms with E-state index in [-0.39, 0.29) is 5.97 Å². The Kier molecular flexibility index (Phi) is 7.88. The van der Waals surface area contributed by atoms with Crippen LogP contribution in [0, 0.1) is 0 Å². The first-order chi connectivity index (χ1) is 18.7. The second-order valence-corrected chi connectivity index (χ2v) is 8.69. The lowest BCUT2D eigenvalue weighted by molar-refractivity contribution is 0.0526. The van der Waals surface area contributed by atoms with E-state index in [1.54, 1.807) is 25.3 Å². The molecule has 194 valence electrons. The summed E-state index contributed by atoms with van der Waals surface area (Å²) in [6, 6.07) is 20.5. The Balaban J connectivity index is 1.29. The first-order valence-corrected chi connectivity index (χ1v) is 12.7. The first kappa shape index (κ1) is 24.9. The Labute approximate surface area is 220 Å². The molecule has 10 heteroatoms. The van der Waals surface area contributed by atoms with Gasteiger partial charge in [0.25, 0.3) is 0 Å². The zero-order valence-electron chi connectivity index (χ0n) is 21.1. The summed E-state index contributed by atoms with van der Waals surface area (Å²) < 4.78 is 10.9. The van der Waals surface area contributed by atoms with Gasteiger partial charge in [-0.15, -0.1) is 0 Å². The van der Waals surface area contributed by atoms with Crippen molar-refractivity contribution in [3.8, 4) is 11.3 Å². The maximum Gasteiger partial charge on any atom is 0.338 e. The summed E-state index contributed by atoms with van der Waals surface area (Å²) >= 11 is 0. The van der Waals surface area contributed by atoms with Crippen molar-refractivity contribution in [2.24, 2.45) is 5.10 Å². The number of furan rings is 1. The van der Waals surface area contributed by atoms with Crippen molar-refractivity contribution in [3.63, 3.8) is 0 Å². The van der Waals surface area contributed by atoms with Crippen LogP contribution >= 0.6 is 0 Å². The number of benzene rings is 2. The molecule has 1 aliphatic heterocycles. The summed E-state index contributed by atoms with van der Waals surface area (Å²) in [5.74, 6) is 2.25. The van der Waals surface area contributed by atoms with Crippen LogP contribution in [0.4, 0.5) is 23.5 Å². The lowest BCUT2D eigenvalue weighted by Crippen LogP contribution is -2.31. The van der Waals surface area contributed by atoms with Crippen LogP contribution in [0.3, 0.4) is 0 Å². The monoisotopic (exact) mass is 511 g/mol. The first-order valence-electron chi connectivity index (χ1n) is 12.7. The van der Waals surface area contributed by atoms with Gasteiger partial charge in [-0.3, -0.25) is 0 Å². The van der Waals surface area contributed by atoms with Gasteiger partial charge in [0.05, 0.1) is 18.4 Å². The van der Waals surface area contributed by atoms with Gasteiger partial charge in [0.15, 0.2) is 0 Å². The van der Waals surface area contributed by atoms with E-state index in [4.69, 9.17) is 9.15 Å². The zero-order valence-corrected chi connectivity index (χ0v) is 21.1. The number of hydrogen-bond acceptors (Lipinski definition) is 10. The number of nitrogens with one attached hydrogen (secondary N) is 2. The van der Waals surface area contributed by atoms with Crippen LogP contribution in [-0.4, -0.2) is 46.8 Å². The van der Waals surface area contributed by atoms with E-state index in [2.05, 4.69) is 35.7 Å². The van der Waals surface area contributed by atoms with Crippen LogP contribution in [-0.2, 0) is 4.74 Å². The van der Waals surface area contributed by atoms with E-state index < -0.39 is 0 Å². The highest BCUT2D eigenvalue weighted by Crippen LogP contribution is 2.23. The Bertz CT molecular complexity index is 1380. The number of piperidine rings is 1. The Morgan fingerprint density at radius 2 is 1.74 bits per heavy atom. The molecule has 1 aliphatic rings. The van der Waals surface area contributed by atoms with Gasteiger partial charge in [-0.1, -0.05) is 30.3 Å². The van der Waals surface area contributed by atoms with Crippen LogP contribution in [0.2, 0.25) is 0 Å². The minimum Gasteiger partial charge on any atom is -0.462 e. The van der Waals surface area contributed by atoms with Gasteiger partial charge in [0.2, 0.25) is 17.8 Å². The van der Waals surface area contributed by atoms with Gasteiger partial charge in [-0.05, 0) is 62.6 Å². The molecule has 0 amide bonds. The van der Waals surface area contributed by atoms with Gasteiger partial charge in [-0.2, -0.15) is 20.1 Å². The second kappa shape index (κ2) is 12.0. The van der Waals surface area contributed by atoms with Gasteiger partial charge in [0, 0.05) is 24.3 Å². The van der Waals surface area contributed by atoms with Crippen molar-refractivity contribution in [1.82, 2.24) is 15.0 Å². The molecule has 0 spiro atoms. The predicted molar refractivity (Wildman–Crippen MR) is 147 cm³/mol. The predicted octanol–water partition coefficient (Wildman–Crippen LogP) is 5.49. The van der Waals surface area contributed by atoms with Crippen molar-refractivity contribution in [2.45, 2.75) is 26.2 Å². The van der Waals surface area contributed by atoms with E-state index in [0.29, 0.717) is 41.5 Å². The maximum atomic E-state index is 11.9. The molecule has 10 nitrogen and oxygen atoms in total. The van der Waals surface area contributed by atoms with Crippen LogP contribution in [0.5, 0.6) is 0 Å². The molecule has 2 N–H and O–H groups in total. The van der Waals surface area contributed by atoms with Crippen LogP contribution < -0.4 is 15.6 Å². The number of carbonyl (C=O) groups is 1. The second-order valence-electron chi connectivity index (χ2n) is 8.69. The van der Waals surface area contributed by atoms with Crippen molar-refractivity contribution < 1.29 is 13.9 Å². The van der Waals surface area contributed by atoms with Gasteiger partial charge < -0.3 is 19.4 Å². The van der Waals surface area contributed by atoms with Gasteiger partial charge in [-0.25, -0.2) is 10.2 Å². The summed E-state index contributed by atoms with van der Waals surface area (Å²) in [7, 11) is 0. The van der Waals surface area contributed by atoms with Crippen LogP contribution in [0.15, 0.2) is 76.2 Å². The number of hydrogen-bond donors (Lipinski definition) is 2. The van der Waals surface area contributed by atoms with Crippen molar-refractivity contribution in [3.05, 3.63) is 78.1 Å². The van der Waals surface area contributed by atoms with Crippen LogP contribution in [0.1, 0.15) is 42.3 Å². The smallest absolute Gasteiger partial charge is 0.338 e. The quantitative estimate of drug-likeness (QED) is 0.171. The molecule has 2 aromatic heterocycles. The third kappa shape index (κ3) is 6.33. The molecular weight excluding hydrogens is 482 g/mol.